The van der Waals surface area contributed by atoms with Crippen LogP contribution in [0.4, 0.5) is 4.39 Å². The minimum Gasteiger partial charge on any atom is -0.341 e. The Balaban J connectivity index is 2.64. The van der Waals surface area contributed by atoms with E-state index in [0.717, 1.165) is 0 Å². The maximum Gasteiger partial charge on any atom is 0.222 e. The summed E-state index contributed by atoms with van der Waals surface area (Å²) >= 11 is 5.91. The van der Waals surface area contributed by atoms with Gasteiger partial charge in [-0.25, -0.2) is 4.39 Å². The van der Waals surface area contributed by atoms with Gasteiger partial charge in [-0.1, -0.05) is 17.7 Å². The summed E-state index contributed by atoms with van der Waals surface area (Å²) in [6.07, 6.45) is 0.981. The highest BCUT2D eigenvalue weighted by Gasteiger charge is 2.14. The third-order valence-corrected chi connectivity index (χ3v) is 3.05. The minimum atomic E-state index is -0.394. The zero-order valence-corrected chi connectivity index (χ0v) is 11.4. The number of halogens is 2. The van der Waals surface area contributed by atoms with Crippen LogP contribution >= 0.6 is 11.6 Å². The van der Waals surface area contributed by atoms with Gasteiger partial charge in [-0.2, -0.15) is 0 Å². The van der Waals surface area contributed by atoms with Crippen LogP contribution in [0.5, 0.6) is 0 Å². The summed E-state index contributed by atoms with van der Waals surface area (Å²) in [5.74, 6) is -0.457. The molecule has 1 unspecified atom stereocenters. The summed E-state index contributed by atoms with van der Waals surface area (Å²) in [7, 11) is 1.63. The van der Waals surface area contributed by atoms with Gasteiger partial charge in [0.25, 0.3) is 0 Å². The monoisotopic (exact) mass is 272 g/mol. The molecule has 1 amide bonds. The zero-order valence-electron chi connectivity index (χ0n) is 10.6. The number of hydrogen-bond donors (Lipinski definition) is 1. The molecular formula is C13H18ClFN2O. The fourth-order valence-corrected chi connectivity index (χ4v) is 1.77. The van der Waals surface area contributed by atoms with E-state index in [1.165, 1.54) is 11.0 Å². The Kier molecular flexibility index (Phi) is 5.56. The molecule has 0 aliphatic heterocycles. The van der Waals surface area contributed by atoms with Crippen LogP contribution in [-0.4, -0.2) is 23.9 Å². The van der Waals surface area contributed by atoms with E-state index in [4.69, 9.17) is 17.3 Å². The number of amides is 1. The maximum atomic E-state index is 13.5. The van der Waals surface area contributed by atoms with Crippen molar-refractivity contribution in [3.05, 3.63) is 34.6 Å². The van der Waals surface area contributed by atoms with Crippen molar-refractivity contribution in [1.82, 2.24) is 4.90 Å². The average molecular weight is 273 g/mol. The molecule has 0 radical (unpaired) electrons. The minimum absolute atomic E-state index is 0.0144. The van der Waals surface area contributed by atoms with E-state index in [2.05, 4.69) is 0 Å². The van der Waals surface area contributed by atoms with Crippen molar-refractivity contribution < 1.29 is 9.18 Å². The van der Waals surface area contributed by atoms with Gasteiger partial charge in [0.2, 0.25) is 5.91 Å². The van der Waals surface area contributed by atoms with Crippen molar-refractivity contribution in [3.63, 3.8) is 0 Å². The third kappa shape index (κ3) is 4.27. The standard InChI is InChI=1S/C13H18ClFN2O/c1-9(16)6-7-13(18)17(2)8-10-11(14)4-3-5-12(10)15/h3-5,9H,6-8,16H2,1-2H3. The fourth-order valence-electron chi connectivity index (χ4n) is 1.55. The Hall–Kier alpha value is -1.13. The molecule has 18 heavy (non-hydrogen) atoms. The first-order valence-corrected chi connectivity index (χ1v) is 6.22. The first kappa shape index (κ1) is 14.9. The van der Waals surface area contributed by atoms with Crippen molar-refractivity contribution in [1.29, 1.82) is 0 Å². The predicted molar refractivity (Wildman–Crippen MR) is 70.8 cm³/mol. The quantitative estimate of drug-likeness (QED) is 0.895. The first-order chi connectivity index (χ1) is 8.41. The van der Waals surface area contributed by atoms with Gasteiger partial charge in [-0.3, -0.25) is 4.79 Å². The van der Waals surface area contributed by atoms with Crippen LogP contribution in [0, 0.1) is 5.82 Å². The van der Waals surface area contributed by atoms with Crippen LogP contribution in [0.2, 0.25) is 5.02 Å². The number of carbonyl (C=O) groups is 1. The fraction of sp³-hybridized carbons (Fsp3) is 0.462. The van der Waals surface area contributed by atoms with Gasteiger partial charge in [-0.15, -0.1) is 0 Å². The SMILES string of the molecule is CC(N)CCC(=O)N(C)Cc1c(F)cccc1Cl. The van der Waals surface area contributed by atoms with Gasteiger partial charge in [0.15, 0.2) is 0 Å². The van der Waals surface area contributed by atoms with E-state index in [1.807, 2.05) is 6.92 Å². The summed E-state index contributed by atoms with van der Waals surface area (Å²) in [6.45, 7) is 2.02. The topological polar surface area (TPSA) is 46.3 Å². The van der Waals surface area contributed by atoms with Crippen LogP contribution < -0.4 is 5.73 Å². The Labute approximate surface area is 112 Å². The molecule has 0 spiro atoms. The van der Waals surface area contributed by atoms with E-state index >= 15 is 0 Å². The van der Waals surface area contributed by atoms with Crippen molar-refractivity contribution in [2.24, 2.45) is 5.73 Å². The smallest absolute Gasteiger partial charge is 0.222 e. The molecule has 5 heteroatoms. The molecule has 0 aliphatic carbocycles. The molecule has 1 atom stereocenters. The van der Waals surface area contributed by atoms with E-state index in [9.17, 15) is 9.18 Å². The molecule has 0 aliphatic rings. The molecule has 100 valence electrons. The van der Waals surface area contributed by atoms with Crippen LogP contribution in [0.1, 0.15) is 25.3 Å². The highest BCUT2D eigenvalue weighted by molar-refractivity contribution is 6.31. The summed E-state index contributed by atoms with van der Waals surface area (Å²) in [5, 5.41) is 0.335. The summed E-state index contributed by atoms with van der Waals surface area (Å²) in [4.78, 5) is 13.2. The van der Waals surface area contributed by atoms with E-state index in [1.54, 1.807) is 19.2 Å². The molecule has 1 aromatic rings. The first-order valence-electron chi connectivity index (χ1n) is 5.84. The number of benzene rings is 1. The summed E-state index contributed by atoms with van der Waals surface area (Å²) in [6, 6.07) is 4.47. The molecule has 0 heterocycles. The second-order valence-electron chi connectivity index (χ2n) is 4.47. The number of nitrogens with zero attached hydrogens (tertiary/aromatic N) is 1. The Bertz CT molecular complexity index is 403. The highest BCUT2D eigenvalue weighted by atomic mass is 35.5. The van der Waals surface area contributed by atoms with Crippen molar-refractivity contribution in [2.45, 2.75) is 32.4 Å². The number of rotatable bonds is 5. The maximum absolute atomic E-state index is 13.5. The van der Waals surface area contributed by atoms with Gasteiger partial charge in [0.05, 0.1) is 0 Å². The van der Waals surface area contributed by atoms with Crippen molar-refractivity contribution in [3.8, 4) is 0 Å². The van der Waals surface area contributed by atoms with Crippen molar-refractivity contribution >= 4 is 17.5 Å². The van der Waals surface area contributed by atoms with E-state index in [-0.39, 0.29) is 18.5 Å². The molecule has 0 bridgehead atoms. The molecule has 1 rings (SSSR count). The highest BCUT2D eigenvalue weighted by Crippen LogP contribution is 2.20. The Morgan fingerprint density at radius 2 is 2.22 bits per heavy atom. The van der Waals surface area contributed by atoms with Gasteiger partial charge in [-0.05, 0) is 25.5 Å². The van der Waals surface area contributed by atoms with Crippen LogP contribution in [-0.2, 0) is 11.3 Å². The van der Waals surface area contributed by atoms with Crippen molar-refractivity contribution in [2.75, 3.05) is 7.05 Å². The molecule has 0 fully saturated rings. The lowest BCUT2D eigenvalue weighted by atomic mass is 10.1. The lowest BCUT2D eigenvalue weighted by Crippen LogP contribution is -2.28. The summed E-state index contributed by atoms with van der Waals surface area (Å²) in [5.41, 5.74) is 5.93. The molecule has 2 N–H and O–H groups in total. The van der Waals surface area contributed by atoms with E-state index in [0.29, 0.717) is 23.4 Å². The number of hydrogen-bond acceptors (Lipinski definition) is 2. The van der Waals surface area contributed by atoms with Gasteiger partial charge in [0, 0.05) is 36.6 Å². The molecule has 0 saturated heterocycles. The largest absolute Gasteiger partial charge is 0.341 e. The van der Waals surface area contributed by atoms with Crippen LogP contribution in [0.3, 0.4) is 0 Å². The number of nitrogens with two attached hydrogens (primary N) is 1. The normalized spacial score (nSPS) is 12.3. The lowest BCUT2D eigenvalue weighted by molar-refractivity contribution is -0.130. The molecule has 0 saturated carbocycles. The van der Waals surface area contributed by atoms with Gasteiger partial charge >= 0.3 is 0 Å². The molecule has 1 aromatic carbocycles. The Morgan fingerprint density at radius 3 is 2.78 bits per heavy atom. The van der Waals surface area contributed by atoms with Crippen LogP contribution in [0.25, 0.3) is 0 Å². The van der Waals surface area contributed by atoms with Crippen LogP contribution in [0.15, 0.2) is 18.2 Å². The second kappa shape index (κ2) is 6.71. The summed E-state index contributed by atoms with van der Waals surface area (Å²) < 4.78 is 13.5. The van der Waals surface area contributed by atoms with Gasteiger partial charge < -0.3 is 10.6 Å². The van der Waals surface area contributed by atoms with E-state index < -0.39 is 5.82 Å². The predicted octanol–water partition coefficient (Wildman–Crippen LogP) is 2.56. The number of carbonyl (C=O) groups excluding carboxylic acids is 1. The molecular weight excluding hydrogens is 255 g/mol. The zero-order chi connectivity index (χ0) is 13.7. The third-order valence-electron chi connectivity index (χ3n) is 2.70. The molecule has 0 aromatic heterocycles. The van der Waals surface area contributed by atoms with Gasteiger partial charge in [0.1, 0.15) is 5.82 Å². The Morgan fingerprint density at radius 1 is 1.56 bits per heavy atom. The average Bonchev–Trinajstić information content (AvgIpc) is 2.30. The molecule has 3 nitrogen and oxygen atoms in total. The lowest BCUT2D eigenvalue weighted by Gasteiger charge is -2.19. The second-order valence-corrected chi connectivity index (χ2v) is 4.87.